The van der Waals surface area contributed by atoms with Crippen molar-refractivity contribution in [1.82, 2.24) is 5.32 Å². The highest BCUT2D eigenvalue weighted by Gasteiger charge is 2.04. The first-order chi connectivity index (χ1) is 10.2. The van der Waals surface area contributed by atoms with Gasteiger partial charge in [-0.15, -0.1) is 11.3 Å². The van der Waals surface area contributed by atoms with Crippen molar-refractivity contribution in [3.8, 4) is 5.75 Å². The van der Waals surface area contributed by atoms with E-state index in [2.05, 4.69) is 29.7 Å². The number of methoxy groups -OCH3 is 1. The highest BCUT2D eigenvalue weighted by atomic mass is 32.1. The smallest absolute Gasteiger partial charge is 0.238 e. The SMILES string of the molecule is CCc1ccc(CNCC(=O)Nc2cccc(OC)c2)s1. The van der Waals surface area contributed by atoms with Crippen LogP contribution in [0.5, 0.6) is 5.75 Å². The lowest BCUT2D eigenvalue weighted by Crippen LogP contribution is -2.27. The number of aryl methyl sites for hydroxylation is 1. The number of hydrogen-bond donors (Lipinski definition) is 2. The number of carbonyl (C=O) groups excluding carboxylic acids is 1. The van der Waals surface area contributed by atoms with Gasteiger partial charge in [-0.25, -0.2) is 0 Å². The highest BCUT2D eigenvalue weighted by molar-refractivity contribution is 7.11. The predicted octanol–water partition coefficient (Wildman–Crippen LogP) is 3.05. The first-order valence-electron chi connectivity index (χ1n) is 6.93. The standard InChI is InChI=1S/C16H20N2O2S/c1-3-14-7-8-15(21-14)10-17-11-16(19)18-12-5-4-6-13(9-12)20-2/h4-9,17H,3,10-11H2,1-2H3,(H,18,19). The maximum Gasteiger partial charge on any atom is 0.238 e. The van der Waals surface area contributed by atoms with Crippen LogP contribution in [0.25, 0.3) is 0 Å². The molecule has 0 aliphatic heterocycles. The quantitative estimate of drug-likeness (QED) is 0.826. The van der Waals surface area contributed by atoms with E-state index in [1.807, 2.05) is 18.2 Å². The molecule has 0 aliphatic carbocycles. The van der Waals surface area contributed by atoms with Crippen LogP contribution in [-0.2, 0) is 17.8 Å². The highest BCUT2D eigenvalue weighted by Crippen LogP contribution is 2.17. The zero-order valence-electron chi connectivity index (χ0n) is 12.3. The Morgan fingerprint density at radius 1 is 1.24 bits per heavy atom. The molecule has 0 fully saturated rings. The summed E-state index contributed by atoms with van der Waals surface area (Å²) in [6.45, 7) is 3.15. The predicted molar refractivity (Wildman–Crippen MR) is 87.0 cm³/mol. The van der Waals surface area contributed by atoms with E-state index in [-0.39, 0.29) is 12.5 Å². The molecule has 0 saturated heterocycles. The molecule has 0 aliphatic rings. The normalized spacial score (nSPS) is 10.4. The molecule has 0 spiro atoms. The Hall–Kier alpha value is -1.85. The number of ether oxygens (including phenoxy) is 1. The van der Waals surface area contributed by atoms with Gasteiger partial charge in [-0.2, -0.15) is 0 Å². The van der Waals surface area contributed by atoms with Crippen molar-refractivity contribution in [2.75, 3.05) is 19.0 Å². The maximum atomic E-state index is 11.9. The molecule has 0 bridgehead atoms. The minimum Gasteiger partial charge on any atom is -0.497 e. The van der Waals surface area contributed by atoms with E-state index in [1.54, 1.807) is 24.5 Å². The van der Waals surface area contributed by atoms with Gasteiger partial charge >= 0.3 is 0 Å². The number of anilines is 1. The van der Waals surface area contributed by atoms with E-state index in [4.69, 9.17) is 4.74 Å². The van der Waals surface area contributed by atoms with Gasteiger partial charge in [-0.1, -0.05) is 13.0 Å². The monoisotopic (exact) mass is 304 g/mol. The van der Waals surface area contributed by atoms with E-state index in [9.17, 15) is 4.79 Å². The van der Waals surface area contributed by atoms with Crippen molar-refractivity contribution in [3.05, 3.63) is 46.2 Å². The molecule has 4 nitrogen and oxygen atoms in total. The van der Waals surface area contributed by atoms with Gasteiger partial charge in [-0.05, 0) is 30.7 Å². The van der Waals surface area contributed by atoms with Crippen molar-refractivity contribution in [2.45, 2.75) is 19.9 Å². The molecule has 5 heteroatoms. The third-order valence-corrected chi connectivity index (χ3v) is 4.23. The van der Waals surface area contributed by atoms with E-state index in [1.165, 1.54) is 9.75 Å². The number of rotatable bonds is 7. The fraction of sp³-hybridized carbons (Fsp3) is 0.312. The summed E-state index contributed by atoms with van der Waals surface area (Å²) in [6.07, 6.45) is 1.06. The van der Waals surface area contributed by atoms with Gasteiger partial charge in [-0.3, -0.25) is 4.79 Å². The second kappa shape index (κ2) is 7.81. The Labute approximate surface area is 129 Å². The van der Waals surface area contributed by atoms with Crippen LogP contribution in [0.1, 0.15) is 16.7 Å². The first-order valence-corrected chi connectivity index (χ1v) is 7.75. The Morgan fingerprint density at radius 3 is 2.76 bits per heavy atom. The van der Waals surface area contributed by atoms with Crippen LogP contribution in [0.3, 0.4) is 0 Å². The molecule has 1 heterocycles. The molecule has 112 valence electrons. The van der Waals surface area contributed by atoms with Crippen molar-refractivity contribution in [2.24, 2.45) is 0 Å². The maximum absolute atomic E-state index is 11.9. The Balaban J connectivity index is 1.76. The average Bonchev–Trinajstić information content (AvgIpc) is 2.95. The largest absolute Gasteiger partial charge is 0.497 e. The van der Waals surface area contributed by atoms with Gasteiger partial charge in [0.05, 0.1) is 13.7 Å². The van der Waals surface area contributed by atoms with E-state index in [0.717, 1.165) is 24.4 Å². The van der Waals surface area contributed by atoms with Crippen LogP contribution < -0.4 is 15.4 Å². The van der Waals surface area contributed by atoms with Crippen molar-refractivity contribution in [3.63, 3.8) is 0 Å². The summed E-state index contributed by atoms with van der Waals surface area (Å²) in [7, 11) is 1.61. The number of thiophene rings is 1. The van der Waals surface area contributed by atoms with Gasteiger partial charge in [0, 0.05) is 28.1 Å². The third-order valence-electron chi connectivity index (χ3n) is 3.00. The van der Waals surface area contributed by atoms with Gasteiger partial charge < -0.3 is 15.4 Å². The fourth-order valence-corrected chi connectivity index (χ4v) is 2.84. The minimum absolute atomic E-state index is 0.0597. The molecule has 21 heavy (non-hydrogen) atoms. The van der Waals surface area contributed by atoms with Gasteiger partial charge in [0.1, 0.15) is 5.75 Å². The van der Waals surface area contributed by atoms with Gasteiger partial charge in [0.2, 0.25) is 5.91 Å². The molecule has 2 rings (SSSR count). The number of carbonyl (C=O) groups is 1. The number of hydrogen-bond acceptors (Lipinski definition) is 4. The lowest BCUT2D eigenvalue weighted by atomic mass is 10.3. The Morgan fingerprint density at radius 2 is 2.05 bits per heavy atom. The molecule has 1 amide bonds. The summed E-state index contributed by atoms with van der Waals surface area (Å²) in [6, 6.07) is 11.6. The van der Waals surface area contributed by atoms with E-state index in [0.29, 0.717) is 0 Å². The molecule has 0 unspecified atom stereocenters. The first kappa shape index (κ1) is 15.5. The summed E-state index contributed by atoms with van der Waals surface area (Å²) in [5.74, 6) is 0.668. The molecule has 1 aromatic heterocycles. The summed E-state index contributed by atoms with van der Waals surface area (Å²) in [4.78, 5) is 14.5. The number of amides is 1. The zero-order chi connectivity index (χ0) is 15.1. The third kappa shape index (κ3) is 4.88. The van der Waals surface area contributed by atoms with Crippen LogP contribution in [-0.4, -0.2) is 19.6 Å². The second-order valence-corrected chi connectivity index (χ2v) is 5.86. The molecule has 0 saturated carbocycles. The van der Waals surface area contributed by atoms with Gasteiger partial charge in [0.15, 0.2) is 0 Å². The number of benzene rings is 1. The van der Waals surface area contributed by atoms with Gasteiger partial charge in [0.25, 0.3) is 0 Å². The van der Waals surface area contributed by atoms with Crippen LogP contribution in [0.15, 0.2) is 36.4 Å². The molecular formula is C16H20N2O2S. The van der Waals surface area contributed by atoms with Crippen molar-refractivity contribution >= 4 is 22.9 Å². The molecule has 1 aromatic carbocycles. The summed E-state index contributed by atoms with van der Waals surface area (Å²) in [5.41, 5.74) is 0.741. The summed E-state index contributed by atoms with van der Waals surface area (Å²) >= 11 is 1.78. The lowest BCUT2D eigenvalue weighted by molar-refractivity contribution is -0.115. The topological polar surface area (TPSA) is 50.4 Å². The van der Waals surface area contributed by atoms with Crippen LogP contribution >= 0.6 is 11.3 Å². The average molecular weight is 304 g/mol. The second-order valence-electron chi connectivity index (χ2n) is 4.61. The zero-order valence-corrected chi connectivity index (χ0v) is 13.1. The number of nitrogens with one attached hydrogen (secondary N) is 2. The van der Waals surface area contributed by atoms with Crippen LogP contribution in [0.4, 0.5) is 5.69 Å². The lowest BCUT2D eigenvalue weighted by Gasteiger charge is -2.07. The Bertz CT molecular complexity index is 595. The summed E-state index contributed by atoms with van der Waals surface area (Å²) < 4.78 is 5.12. The molecule has 0 atom stereocenters. The molecule has 2 N–H and O–H groups in total. The van der Waals surface area contributed by atoms with Crippen molar-refractivity contribution < 1.29 is 9.53 Å². The van der Waals surface area contributed by atoms with Crippen molar-refractivity contribution in [1.29, 1.82) is 0 Å². The molecule has 0 radical (unpaired) electrons. The molecular weight excluding hydrogens is 284 g/mol. The minimum atomic E-state index is -0.0597. The summed E-state index contributed by atoms with van der Waals surface area (Å²) in [5, 5.41) is 6.00. The van der Waals surface area contributed by atoms with E-state index >= 15 is 0 Å². The fourth-order valence-electron chi connectivity index (χ4n) is 1.91. The van der Waals surface area contributed by atoms with E-state index < -0.39 is 0 Å². The molecule has 2 aromatic rings. The van der Waals surface area contributed by atoms with Crippen LogP contribution in [0.2, 0.25) is 0 Å². The Kier molecular flexibility index (Phi) is 5.78. The van der Waals surface area contributed by atoms with Crippen LogP contribution in [0, 0.1) is 0 Å².